The largest absolute Gasteiger partial charge is 0.497 e. The number of rotatable bonds is 3. The molecule has 1 fully saturated rings. The Balaban J connectivity index is 1.73. The molecule has 2 heterocycles. The molecule has 1 saturated heterocycles. The Kier molecular flexibility index (Phi) is 5.92. The summed E-state index contributed by atoms with van der Waals surface area (Å²) in [7, 11) is 1.69. The number of morpholine rings is 1. The van der Waals surface area contributed by atoms with Crippen LogP contribution in [0.15, 0.2) is 84.4 Å². The van der Waals surface area contributed by atoms with Crippen molar-refractivity contribution in [2.75, 3.05) is 33.4 Å². The second-order valence-electron chi connectivity index (χ2n) is 8.34. The number of hydrogen-bond donors (Lipinski definition) is 1. The van der Waals surface area contributed by atoms with Crippen molar-refractivity contribution in [2.24, 2.45) is 0 Å². The van der Waals surface area contributed by atoms with Crippen LogP contribution in [-0.4, -0.2) is 33.4 Å². The highest BCUT2D eigenvalue weighted by atomic mass is 16.5. The van der Waals surface area contributed by atoms with E-state index in [0.717, 1.165) is 52.4 Å². The predicted octanol–water partition coefficient (Wildman–Crippen LogP) is 3.68. The van der Waals surface area contributed by atoms with Crippen LogP contribution < -0.4 is 14.4 Å². The minimum atomic E-state index is -0.689. The molecule has 0 bridgehead atoms. The molecule has 0 radical (unpaired) electrons. The van der Waals surface area contributed by atoms with E-state index in [4.69, 9.17) is 14.2 Å². The SMILES string of the molecule is COc1ccc(C2([NH+]3CCOCC3)Oc3ccccc3C(C#Cc3ccccc3)=C2C)cc1. The third kappa shape index (κ3) is 3.91. The van der Waals surface area contributed by atoms with Crippen molar-refractivity contribution in [3.63, 3.8) is 0 Å². The molecule has 0 saturated carbocycles. The van der Waals surface area contributed by atoms with Crippen LogP contribution in [-0.2, 0) is 10.5 Å². The van der Waals surface area contributed by atoms with Gasteiger partial charge in [0, 0.05) is 16.7 Å². The van der Waals surface area contributed by atoms with Crippen molar-refractivity contribution < 1.29 is 19.1 Å². The first-order chi connectivity index (χ1) is 16.2. The highest BCUT2D eigenvalue weighted by molar-refractivity contribution is 5.87. The van der Waals surface area contributed by atoms with Crippen LogP contribution in [0.2, 0.25) is 0 Å². The first-order valence-corrected chi connectivity index (χ1v) is 11.4. The Hall–Kier alpha value is -3.52. The van der Waals surface area contributed by atoms with Gasteiger partial charge < -0.3 is 14.2 Å². The smallest absolute Gasteiger partial charge is 0.292 e. The van der Waals surface area contributed by atoms with Crippen molar-refractivity contribution in [3.05, 3.63) is 101 Å². The summed E-state index contributed by atoms with van der Waals surface area (Å²) in [6.07, 6.45) is 0. The predicted molar refractivity (Wildman–Crippen MR) is 129 cm³/mol. The molecule has 0 spiro atoms. The summed E-state index contributed by atoms with van der Waals surface area (Å²) in [6, 6.07) is 26.6. The van der Waals surface area contributed by atoms with E-state index in [-0.39, 0.29) is 0 Å². The van der Waals surface area contributed by atoms with Crippen LogP contribution in [0.4, 0.5) is 0 Å². The standard InChI is InChI=1S/C29H27NO3/c1-22-26(17-12-23-8-4-3-5-9-23)27-10-6-7-11-28(27)33-29(22,30-18-20-32-21-19-30)24-13-15-25(31-2)16-14-24/h3-11,13-16H,18-21H2,1-2H3/p+1. The maximum absolute atomic E-state index is 6.95. The summed E-state index contributed by atoms with van der Waals surface area (Å²) >= 11 is 0. The second kappa shape index (κ2) is 9.15. The van der Waals surface area contributed by atoms with Gasteiger partial charge in [0.25, 0.3) is 5.72 Å². The van der Waals surface area contributed by atoms with Crippen molar-refractivity contribution in [1.29, 1.82) is 0 Å². The first-order valence-electron chi connectivity index (χ1n) is 11.4. The van der Waals surface area contributed by atoms with Crippen molar-refractivity contribution in [3.8, 4) is 23.3 Å². The van der Waals surface area contributed by atoms with Crippen LogP contribution in [0.1, 0.15) is 23.6 Å². The van der Waals surface area contributed by atoms with E-state index in [1.807, 2.05) is 60.7 Å². The van der Waals surface area contributed by atoms with Gasteiger partial charge in [0.1, 0.15) is 24.6 Å². The molecule has 2 aliphatic heterocycles. The summed E-state index contributed by atoms with van der Waals surface area (Å²) in [5.41, 5.74) is 4.57. The zero-order valence-corrected chi connectivity index (χ0v) is 19.1. The topological polar surface area (TPSA) is 32.1 Å². The third-order valence-corrected chi connectivity index (χ3v) is 6.52. The molecule has 5 rings (SSSR count). The molecular weight excluding hydrogens is 410 g/mol. The molecule has 2 aliphatic rings. The number of hydrogen-bond acceptors (Lipinski definition) is 3. The first kappa shape index (κ1) is 21.3. The molecule has 4 nitrogen and oxygen atoms in total. The second-order valence-corrected chi connectivity index (χ2v) is 8.34. The molecule has 166 valence electrons. The zero-order chi connectivity index (χ0) is 22.7. The number of para-hydroxylation sites is 1. The zero-order valence-electron chi connectivity index (χ0n) is 19.1. The van der Waals surface area contributed by atoms with Gasteiger partial charge in [0.15, 0.2) is 0 Å². The van der Waals surface area contributed by atoms with E-state index in [0.29, 0.717) is 13.2 Å². The molecule has 0 aromatic heterocycles. The van der Waals surface area contributed by atoms with Gasteiger partial charge in [-0.3, -0.25) is 4.90 Å². The van der Waals surface area contributed by atoms with Crippen molar-refractivity contribution in [1.82, 2.24) is 0 Å². The summed E-state index contributed by atoms with van der Waals surface area (Å²) in [4.78, 5) is 1.32. The van der Waals surface area contributed by atoms with Crippen molar-refractivity contribution >= 4 is 5.57 Å². The Morgan fingerprint density at radius 2 is 1.55 bits per heavy atom. The Morgan fingerprint density at radius 1 is 0.848 bits per heavy atom. The van der Waals surface area contributed by atoms with Crippen LogP contribution in [0.3, 0.4) is 0 Å². The minimum Gasteiger partial charge on any atom is -0.497 e. The van der Waals surface area contributed by atoms with Gasteiger partial charge in [0.05, 0.1) is 31.5 Å². The minimum absolute atomic E-state index is 0.689. The molecule has 3 aromatic rings. The lowest BCUT2D eigenvalue weighted by molar-refractivity contribution is -0.982. The quantitative estimate of drug-likeness (QED) is 0.633. The molecule has 0 aliphatic carbocycles. The van der Waals surface area contributed by atoms with E-state index in [9.17, 15) is 0 Å². The third-order valence-electron chi connectivity index (χ3n) is 6.52. The fraction of sp³-hybridized carbons (Fsp3) is 0.241. The fourth-order valence-corrected chi connectivity index (χ4v) is 4.81. The van der Waals surface area contributed by atoms with E-state index < -0.39 is 5.72 Å². The summed E-state index contributed by atoms with van der Waals surface area (Å²) in [5, 5.41) is 0. The van der Waals surface area contributed by atoms with Gasteiger partial charge in [-0.1, -0.05) is 42.2 Å². The Bertz CT molecular complexity index is 1210. The molecule has 0 amide bonds. The van der Waals surface area contributed by atoms with Crippen LogP contribution in [0.5, 0.6) is 11.5 Å². The van der Waals surface area contributed by atoms with E-state index >= 15 is 0 Å². The highest BCUT2D eigenvalue weighted by Crippen LogP contribution is 2.43. The molecule has 1 unspecified atom stereocenters. The van der Waals surface area contributed by atoms with Crippen LogP contribution in [0, 0.1) is 11.8 Å². The van der Waals surface area contributed by atoms with E-state index in [2.05, 4.69) is 37.0 Å². The fourth-order valence-electron chi connectivity index (χ4n) is 4.81. The van der Waals surface area contributed by atoms with Crippen LogP contribution >= 0.6 is 0 Å². The molecule has 4 heteroatoms. The number of quaternary nitrogens is 1. The number of ether oxygens (including phenoxy) is 3. The monoisotopic (exact) mass is 438 g/mol. The molecule has 1 N–H and O–H groups in total. The molecule has 3 aromatic carbocycles. The van der Waals surface area contributed by atoms with Gasteiger partial charge in [-0.15, -0.1) is 0 Å². The summed E-state index contributed by atoms with van der Waals surface area (Å²) in [5.74, 6) is 8.57. The van der Waals surface area contributed by atoms with Gasteiger partial charge >= 0.3 is 0 Å². The van der Waals surface area contributed by atoms with Gasteiger partial charge in [-0.05, 0) is 55.5 Å². The van der Waals surface area contributed by atoms with E-state index in [1.165, 1.54) is 4.90 Å². The number of fused-ring (bicyclic) bond motifs is 1. The number of methoxy groups -OCH3 is 1. The summed E-state index contributed by atoms with van der Waals surface area (Å²) < 4.78 is 18.1. The molecule has 1 atom stereocenters. The maximum Gasteiger partial charge on any atom is 0.292 e. The average molecular weight is 439 g/mol. The van der Waals surface area contributed by atoms with Gasteiger partial charge in [0.2, 0.25) is 0 Å². The summed E-state index contributed by atoms with van der Waals surface area (Å²) in [6.45, 7) is 5.28. The maximum atomic E-state index is 6.95. The van der Waals surface area contributed by atoms with Gasteiger partial charge in [-0.25, -0.2) is 0 Å². The lowest BCUT2D eigenvalue weighted by Gasteiger charge is -2.45. The Labute approximate surface area is 195 Å². The number of benzene rings is 3. The van der Waals surface area contributed by atoms with Gasteiger partial charge in [-0.2, -0.15) is 0 Å². The molecular formula is C29H28NO3+. The Morgan fingerprint density at radius 3 is 2.27 bits per heavy atom. The highest BCUT2D eigenvalue weighted by Gasteiger charge is 2.51. The van der Waals surface area contributed by atoms with Crippen LogP contribution in [0.25, 0.3) is 5.57 Å². The molecule has 33 heavy (non-hydrogen) atoms. The lowest BCUT2D eigenvalue weighted by atomic mass is 9.84. The lowest BCUT2D eigenvalue weighted by Crippen LogP contribution is -3.21. The average Bonchev–Trinajstić information content (AvgIpc) is 2.89. The van der Waals surface area contributed by atoms with E-state index in [1.54, 1.807) is 7.11 Å². The number of nitrogens with one attached hydrogen (secondary N) is 1. The van der Waals surface area contributed by atoms with Crippen molar-refractivity contribution in [2.45, 2.75) is 12.6 Å². The number of allylic oxidation sites excluding steroid dienone is 1. The normalized spacial score (nSPS) is 20.3.